The highest BCUT2D eigenvalue weighted by atomic mass is 35.5. The second-order valence-corrected chi connectivity index (χ2v) is 5.21. The highest BCUT2D eigenvalue weighted by Crippen LogP contribution is 2.42. The van der Waals surface area contributed by atoms with Gasteiger partial charge in [-0.3, -0.25) is 4.79 Å². The van der Waals surface area contributed by atoms with Gasteiger partial charge in [-0.15, -0.1) is 0 Å². The van der Waals surface area contributed by atoms with Crippen LogP contribution in [0.2, 0.25) is 5.02 Å². The maximum Gasteiger partial charge on any atom is 0.159 e. The van der Waals surface area contributed by atoms with Gasteiger partial charge in [-0.05, 0) is 12.1 Å². The van der Waals surface area contributed by atoms with Gasteiger partial charge in [0.1, 0.15) is 30.3 Å². The van der Waals surface area contributed by atoms with Crippen LogP contribution in [0.1, 0.15) is 23.9 Å². The van der Waals surface area contributed by atoms with E-state index in [1.54, 1.807) is 6.07 Å². The predicted octanol–water partition coefficient (Wildman–Crippen LogP) is 2.81. The number of allylic oxidation sites excluding steroid dienone is 2. The summed E-state index contributed by atoms with van der Waals surface area (Å²) in [5.41, 5.74) is 0.202. The first kappa shape index (κ1) is 13.8. The van der Waals surface area contributed by atoms with E-state index in [1.807, 2.05) is 0 Å². The molecule has 1 aromatic heterocycles. The lowest BCUT2D eigenvalue weighted by Gasteiger charge is -2.30. The molecule has 3 rings (SSSR count). The molecule has 0 unspecified atom stereocenters. The summed E-state index contributed by atoms with van der Waals surface area (Å²) in [6, 6.07) is 3.61. The second-order valence-electron chi connectivity index (χ2n) is 4.80. The Morgan fingerprint density at radius 2 is 2.24 bits per heavy atom. The Morgan fingerprint density at radius 3 is 2.90 bits per heavy atom. The molecule has 0 aliphatic heterocycles. The fraction of sp³-hybridized carbons (Fsp3) is 0.214. The minimum absolute atomic E-state index is 0.0369. The van der Waals surface area contributed by atoms with Crippen LogP contribution in [0, 0.1) is 5.82 Å². The van der Waals surface area contributed by atoms with Crippen molar-refractivity contribution < 1.29 is 14.3 Å². The van der Waals surface area contributed by atoms with E-state index >= 15 is 0 Å². The molecule has 108 valence electrons. The number of hydrogen-bond donors (Lipinski definition) is 1. The predicted molar refractivity (Wildman–Crippen MR) is 73.5 cm³/mol. The van der Waals surface area contributed by atoms with E-state index in [0.717, 1.165) is 6.08 Å². The van der Waals surface area contributed by atoms with E-state index in [-0.39, 0.29) is 28.5 Å². The number of aromatic nitrogens is 3. The molecule has 1 aromatic carbocycles. The molecule has 0 amide bonds. The molecule has 2 atom stereocenters. The summed E-state index contributed by atoms with van der Waals surface area (Å²) in [5.74, 6) is -1.62. The number of hydrogen-bond acceptors (Lipinski definition) is 4. The third kappa shape index (κ3) is 2.42. The van der Waals surface area contributed by atoms with E-state index in [1.165, 1.54) is 29.5 Å². The minimum Gasteiger partial charge on any atom is -0.510 e. The average molecular weight is 308 g/mol. The van der Waals surface area contributed by atoms with Gasteiger partial charge in [0.25, 0.3) is 0 Å². The Labute approximate surface area is 124 Å². The monoisotopic (exact) mass is 307 g/mol. The Kier molecular flexibility index (Phi) is 3.47. The van der Waals surface area contributed by atoms with Gasteiger partial charge in [-0.2, -0.15) is 5.10 Å². The Bertz CT molecular complexity index is 695. The first-order valence-electron chi connectivity index (χ1n) is 6.29. The van der Waals surface area contributed by atoms with Crippen molar-refractivity contribution in [1.82, 2.24) is 14.8 Å². The Balaban J connectivity index is 2.15. The van der Waals surface area contributed by atoms with Crippen molar-refractivity contribution in [3.8, 4) is 0 Å². The molecule has 5 nitrogen and oxygen atoms in total. The van der Waals surface area contributed by atoms with Crippen LogP contribution in [0.4, 0.5) is 4.39 Å². The zero-order valence-corrected chi connectivity index (χ0v) is 11.5. The van der Waals surface area contributed by atoms with Crippen molar-refractivity contribution in [3.63, 3.8) is 0 Å². The van der Waals surface area contributed by atoms with Gasteiger partial charge in [0.15, 0.2) is 5.78 Å². The number of aliphatic hydroxyl groups excluding tert-OH is 1. The number of ketones is 1. The van der Waals surface area contributed by atoms with Crippen molar-refractivity contribution >= 4 is 17.4 Å². The van der Waals surface area contributed by atoms with Crippen molar-refractivity contribution in [3.05, 3.63) is 59.1 Å². The van der Waals surface area contributed by atoms with Crippen LogP contribution >= 0.6 is 11.6 Å². The summed E-state index contributed by atoms with van der Waals surface area (Å²) in [6.07, 6.45) is 3.89. The molecule has 1 N–H and O–H groups in total. The smallest absolute Gasteiger partial charge is 0.159 e. The summed E-state index contributed by atoms with van der Waals surface area (Å²) >= 11 is 6.09. The maximum absolute atomic E-state index is 14.2. The molecular formula is C14H11ClFN3O2. The Morgan fingerprint density at radius 1 is 1.43 bits per heavy atom. The third-order valence-corrected chi connectivity index (χ3v) is 3.84. The molecule has 0 spiro atoms. The van der Waals surface area contributed by atoms with Gasteiger partial charge in [-0.1, -0.05) is 17.7 Å². The molecule has 2 aromatic rings. The standard InChI is InChI=1S/C14H11ClFN3O2/c15-10-2-1-3-11(16)13(10)9-4-8(20)5-12(21)14(9)19-7-17-6-18-19/h1-3,5-7,9,14,21H,4H2/t9-,14+/m0/s1. The molecule has 0 fully saturated rings. The first-order valence-corrected chi connectivity index (χ1v) is 6.67. The quantitative estimate of drug-likeness (QED) is 0.926. The van der Waals surface area contributed by atoms with Gasteiger partial charge in [-0.25, -0.2) is 14.1 Å². The molecule has 0 radical (unpaired) electrons. The molecule has 1 aliphatic rings. The van der Waals surface area contributed by atoms with Gasteiger partial charge in [0.05, 0.1) is 0 Å². The number of rotatable bonds is 2. The van der Waals surface area contributed by atoms with Crippen LogP contribution < -0.4 is 0 Å². The summed E-state index contributed by atoms with van der Waals surface area (Å²) in [4.78, 5) is 15.6. The zero-order valence-electron chi connectivity index (χ0n) is 10.8. The summed E-state index contributed by atoms with van der Waals surface area (Å²) in [6.45, 7) is 0. The third-order valence-electron chi connectivity index (χ3n) is 3.51. The molecule has 0 bridgehead atoms. The fourth-order valence-electron chi connectivity index (χ4n) is 2.65. The lowest BCUT2D eigenvalue weighted by molar-refractivity contribution is -0.116. The normalized spacial score (nSPS) is 22.2. The van der Waals surface area contributed by atoms with E-state index in [0.29, 0.717) is 0 Å². The number of carbonyl (C=O) groups is 1. The Hall–Kier alpha value is -2.21. The van der Waals surface area contributed by atoms with Crippen molar-refractivity contribution in [2.45, 2.75) is 18.4 Å². The van der Waals surface area contributed by atoms with Gasteiger partial charge in [0, 0.05) is 29.0 Å². The molecule has 0 saturated carbocycles. The number of benzene rings is 1. The SMILES string of the molecule is O=C1C=C(O)[C@H](n2cncn2)[C@H](c2c(F)cccc2Cl)C1. The highest BCUT2D eigenvalue weighted by molar-refractivity contribution is 6.31. The van der Waals surface area contributed by atoms with Crippen LogP contribution in [0.15, 0.2) is 42.7 Å². The number of carbonyl (C=O) groups excluding carboxylic acids is 1. The summed E-state index contributed by atoms with van der Waals surface area (Å²) < 4.78 is 15.6. The molecule has 7 heteroatoms. The zero-order chi connectivity index (χ0) is 15.0. The average Bonchev–Trinajstić information content (AvgIpc) is 2.91. The van der Waals surface area contributed by atoms with Crippen molar-refractivity contribution in [2.75, 3.05) is 0 Å². The van der Waals surface area contributed by atoms with Crippen LogP contribution in [-0.2, 0) is 4.79 Å². The van der Waals surface area contributed by atoms with Crippen molar-refractivity contribution in [2.24, 2.45) is 0 Å². The second kappa shape index (κ2) is 5.29. The van der Waals surface area contributed by atoms with E-state index in [4.69, 9.17) is 11.6 Å². The summed E-state index contributed by atoms with van der Waals surface area (Å²) in [5, 5.41) is 14.3. The first-order chi connectivity index (χ1) is 10.1. The number of halogens is 2. The molecule has 0 saturated heterocycles. The minimum atomic E-state index is -0.709. The van der Waals surface area contributed by atoms with E-state index in [9.17, 15) is 14.3 Å². The molecule has 1 heterocycles. The van der Waals surface area contributed by atoms with E-state index in [2.05, 4.69) is 10.1 Å². The largest absolute Gasteiger partial charge is 0.510 e. The lowest BCUT2D eigenvalue weighted by atomic mass is 9.82. The fourth-order valence-corrected chi connectivity index (χ4v) is 2.95. The van der Waals surface area contributed by atoms with Crippen LogP contribution in [0.3, 0.4) is 0 Å². The molecular weight excluding hydrogens is 297 g/mol. The number of aliphatic hydroxyl groups is 1. The van der Waals surface area contributed by atoms with Gasteiger partial charge >= 0.3 is 0 Å². The van der Waals surface area contributed by atoms with Crippen molar-refractivity contribution in [1.29, 1.82) is 0 Å². The number of nitrogens with zero attached hydrogens (tertiary/aromatic N) is 3. The topological polar surface area (TPSA) is 68.0 Å². The van der Waals surface area contributed by atoms with E-state index < -0.39 is 17.8 Å². The summed E-state index contributed by atoms with van der Waals surface area (Å²) in [7, 11) is 0. The van der Waals surface area contributed by atoms with Gasteiger partial charge < -0.3 is 5.11 Å². The lowest BCUT2D eigenvalue weighted by Crippen LogP contribution is -2.27. The van der Waals surface area contributed by atoms with Crippen LogP contribution in [-0.4, -0.2) is 25.7 Å². The highest BCUT2D eigenvalue weighted by Gasteiger charge is 2.37. The van der Waals surface area contributed by atoms with Crippen LogP contribution in [0.25, 0.3) is 0 Å². The molecule has 21 heavy (non-hydrogen) atoms. The van der Waals surface area contributed by atoms with Gasteiger partial charge in [0.2, 0.25) is 0 Å². The van der Waals surface area contributed by atoms with Crippen LogP contribution in [0.5, 0.6) is 0 Å². The molecule has 1 aliphatic carbocycles. The maximum atomic E-state index is 14.2.